The van der Waals surface area contributed by atoms with Gasteiger partial charge in [0.1, 0.15) is 6.04 Å². The van der Waals surface area contributed by atoms with E-state index in [-0.39, 0.29) is 24.0 Å². The number of urea groups is 1. The van der Waals surface area contributed by atoms with Gasteiger partial charge in [-0.25, -0.2) is 4.79 Å². The summed E-state index contributed by atoms with van der Waals surface area (Å²) < 4.78 is 0. The number of quaternary nitrogens is 1. The first kappa shape index (κ1) is 18.5. The lowest BCUT2D eigenvalue weighted by Gasteiger charge is -2.25. The molecule has 5 nitrogen and oxygen atoms in total. The summed E-state index contributed by atoms with van der Waals surface area (Å²) in [5, 5.41) is 4.77. The average Bonchev–Trinajstić information content (AvgIpc) is 2.98. The number of hydrogen-bond acceptors (Lipinski definition) is 2. The summed E-state index contributed by atoms with van der Waals surface area (Å²) in [7, 11) is 0. The average molecular weight is 332 g/mol. The van der Waals surface area contributed by atoms with Gasteiger partial charge in [0, 0.05) is 24.6 Å². The summed E-state index contributed by atoms with van der Waals surface area (Å²) in [4.78, 5) is 25.5. The van der Waals surface area contributed by atoms with Crippen molar-refractivity contribution in [1.82, 2.24) is 10.2 Å². The maximum absolute atomic E-state index is 12.5. The molecule has 24 heavy (non-hydrogen) atoms. The summed E-state index contributed by atoms with van der Waals surface area (Å²) >= 11 is 0. The number of nitrogens with zero attached hydrogens (tertiary/aromatic N) is 1. The van der Waals surface area contributed by atoms with Gasteiger partial charge in [0.2, 0.25) is 0 Å². The zero-order valence-electron chi connectivity index (χ0n) is 15.2. The van der Waals surface area contributed by atoms with Crippen LogP contribution in [0.25, 0.3) is 0 Å². The van der Waals surface area contributed by atoms with Crippen LogP contribution < -0.4 is 10.6 Å². The third kappa shape index (κ3) is 4.35. The van der Waals surface area contributed by atoms with E-state index in [2.05, 4.69) is 55.7 Å². The molecule has 3 N–H and O–H groups in total. The van der Waals surface area contributed by atoms with Gasteiger partial charge in [-0.15, -0.1) is 0 Å². The number of nitrogens with two attached hydrogens (primary N) is 1. The van der Waals surface area contributed by atoms with E-state index in [0.717, 1.165) is 12.8 Å². The molecule has 0 saturated carbocycles. The Morgan fingerprint density at radius 3 is 2.42 bits per heavy atom. The quantitative estimate of drug-likeness (QED) is 0.800. The van der Waals surface area contributed by atoms with Gasteiger partial charge in [0.05, 0.1) is 0 Å². The number of aryl methyl sites for hydroxylation is 1. The third-order valence-electron chi connectivity index (χ3n) is 4.63. The normalized spacial score (nSPS) is 17.0. The van der Waals surface area contributed by atoms with Gasteiger partial charge in [-0.2, -0.15) is 0 Å². The maximum atomic E-state index is 12.5. The van der Waals surface area contributed by atoms with E-state index < -0.39 is 0 Å². The largest absolute Gasteiger partial charge is 0.336 e. The van der Waals surface area contributed by atoms with Crippen molar-refractivity contribution in [2.75, 3.05) is 13.1 Å². The Bertz CT molecular complexity index is 568. The third-order valence-corrected chi connectivity index (χ3v) is 4.63. The summed E-state index contributed by atoms with van der Waals surface area (Å²) in [6.45, 7) is 9.41. The molecule has 0 radical (unpaired) electrons. The minimum Gasteiger partial charge on any atom is -0.336 e. The molecule has 1 saturated heterocycles. The second-order valence-electron chi connectivity index (χ2n) is 6.96. The summed E-state index contributed by atoms with van der Waals surface area (Å²) in [6.07, 6.45) is 2.23. The van der Waals surface area contributed by atoms with E-state index in [1.807, 2.05) is 6.92 Å². The fourth-order valence-electron chi connectivity index (χ4n) is 3.23. The molecule has 0 spiro atoms. The Morgan fingerprint density at radius 1 is 1.25 bits per heavy atom. The lowest BCUT2D eigenvalue weighted by atomic mass is 9.94. The summed E-state index contributed by atoms with van der Waals surface area (Å²) in [5.41, 5.74) is 2.58. The van der Waals surface area contributed by atoms with Crippen LogP contribution in [0.15, 0.2) is 24.3 Å². The lowest BCUT2D eigenvalue weighted by molar-refractivity contribution is -0.719. The first-order chi connectivity index (χ1) is 11.4. The summed E-state index contributed by atoms with van der Waals surface area (Å²) in [6, 6.07) is 8.36. The van der Waals surface area contributed by atoms with Crippen LogP contribution in [0.1, 0.15) is 51.3 Å². The first-order valence-electron chi connectivity index (χ1n) is 8.97. The maximum Gasteiger partial charge on any atom is 0.324 e. The molecule has 1 aliphatic heterocycles. The topological polar surface area (TPSA) is 66.0 Å². The summed E-state index contributed by atoms with van der Waals surface area (Å²) in [5.74, 6) is 0.280. The zero-order chi connectivity index (χ0) is 17.7. The molecule has 0 aromatic heterocycles. The molecule has 0 aliphatic carbocycles. The van der Waals surface area contributed by atoms with Gasteiger partial charge >= 0.3 is 6.03 Å². The van der Waals surface area contributed by atoms with E-state index >= 15 is 0 Å². The number of rotatable bonds is 7. The van der Waals surface area contributed by atoms with Gasteiger partial charge in [-0.3, -0.25) is 9.69 Å². The monoisotopic (exact) mass is 332 g/mol. The van der Waals surface area contributed by atoms with E-state index in [9.17, 15) is 9.59 Å². The van der Waals surface area contributed by atoms with Crippen molar-refractivity contribution in [3.05, 3.63) is 35.4 Å². The Morgan fingerprint density at radius 2 is 1.92 bits per heavy atom. The predicted molar refractivity (Wildman–Crippen MR) is 94.5 cm³/mol. The van der Waals surface area contributed by atoms with E-state index in [1.54, 1.807) is 0 Å². The van der Waals surface area contributed by atoms with E-state index in [0.29, 0.717) is 19.0 Å². The number of nitrogens with one attached hydrogen (secondary N) is 1. The second-order valence-corrected chi connectivity index (χ2v) is 6.96. The fraction of sp³-hybridized carbons (Fsp3) is 0.579. The van der Waals surface area contributed by atoms with Crippen molar-refractivity contribution in [3.63, 3.8) is 0 Å². The number of imide groups is 1. The highest BCUT2D eigenvalue weighted by Gasteiger charge is 2.33. The Kier molecular flexibility index (Phi) is 6.37. The van der Waals surface area contributed by atoms with Crippen molar-refractivity contribution >= 4 is 11.9 Å². The lowest BCUT2D eigenvalue weighted by Crippen LogP contribution is -2.93. The highest BCUT2D eigenvalue weighted by atomic mass is 16.2. The van der Waals surface area contributed by atoms with Crippen LogP contribution in [0, 0.1) is 5.92 Å². The van der Waals surface area contributed by atoms with E-state index in [1.165, 1.54) is 16.0 Å². The number of carbonyl (C=O) groups is 2. The molecule has 5 heteroatoms. The number of amides is 3. The molecule has 1 aromatic rings. The van der Waals surface area contributed by atoms with Gasteiger partial charge in [-0.05, 0) is 18.9 Å². The molecule has 2 rings (SSSR count). The van der Waals surface area contributed by atoms with Gasteiger partial charge < -0.3 is 10.6 Å². The molecule has 3 amide bonds. The predicted octanol–water partition coefficient (Wildman–Crippen LogP) is 1.84. The molecular formula is C19H30N3O2+. The van der Waals surface area contributed by atoms with Crippen molar-refractivity contribution in [1.29, 1.82) is 0 Å². The molecule has 2 atom stereocenters. The van der Waals surface area contributed by atoms with Gasteiger partial charge in [0.25, 0.3) is 5.91 Å². The molecule has 132 valence electrons. The minimum atomic E-state index is -0.281. The number of benzene rings is 1. The van der Waals surface area contributed by atoms with Crippen molar-refractivity contribution in [2.24, 2.45) is 5.92 Å². The molecule has 1 fully saturated rings. The molecule has 1 heterocycles. The second kappa shape index (κ2) is 8.29. The standard InChI is InChI=1S/C19H29N3O2/c1-5-6-15-7-9-16(10-8-15)17(13(2)3)21-14(4)18(23)22-12-11-20-19(22)24/h7-10,13-14,17,21H,5-6,11-12H2,1-4H3,(H,20,24)/p+1/t14-,17+/m0/s1. The molecule has 1 aliphatic rings. The van der Waals surface area contributed by atoms with Gasteiger partial charge in [-0.1, -0.05) is 51.5 Å². The van der Waals surface area contributed by atoms with Crippen molar-refractivity contribution in [2.45, 2.75) is 52.6 Å². The van der Waals surface area contributed by atoms with Crippen LogP contribution in [0.5, 0.6) is 0 Å². The Labute approximate surface area is 144 Å². The Hall–Kier alpha value is -1.88. The zero-order valence-corrected chi connectivity index (χ0v) is 15.2. The Balaban J connectivity index is 2.07. The first-order valence-corrected chi connectivity index (χ1v) is 8.97. The van der Waals surface area contributed by atoms with Crippen LogP contribution >= 0.6 is 0 Å². The number of carbonyl (C=O) groups excluding carboxylic acids is 2. The fourth-order valence-corrected chi connectivity index (χ4v) is 3.23. The molecule has 0 unspecified atom stereocenters. The van der Waals surface area contributed by atoms with Crippen LogP contribution in [0.4, 0.5) is 4.79 Å². The van der Waals surface area contributed by atoms with Crippen molar-refractivity contribution in [3.8, 4) is 0 Å². The SMILES string of the molecule is CCCc1ccc([C@H]([NH2+][C@@H](C)C(=O)N2CCNC2=O)C(C)C)cc1. The molecule has 0 bridgehead atoms. The van der Waals surface area contributed by atoms with E-state index in [4.69, 9.17) is 0 Å². The minimum absolute atomic E-state index is 0.113. The van der Waals surface area contributed by atoms with Gasteiger partial charge in [0.15, 0.2) is 6.04 Å². The highest BCUT2D eigenvalue weighted by molar-refractivity contribution is 5.97. The smallest absolute Gasteiger partial charge is 0.324 e. The van der Waals surface area contributed by atoms with Crippen LogP contribution in [0.3, 0.4) is 0 Å². The number of hydrogen-bond donors (Lipinski definition) is 2. The van der Waals surface area contributed by atoms with Crippen molar-refractivity contribution < 1.29 is 14.9 Å². The van der Waals surface area contributed by atoms with Crippen LogP contribution in [0.2, 0.25) is 0 Å². The molecular weight excluding hydrogens is 302 g/mol. The van der Waals surface area contributed by atoms with Crippen LogP contribution in [-0.4, -0.2) is 36.0 Å². The highest BCUT2D eigenvalue weighted by Crippen LogP contribution is 2.19. The van der Waals surface area contributed by atoms with Crippen LogP contribution in [-0.2, 0) is 11.2 Å². The molecule has 1 aromatic carbocycles.